The van der Waals surface area contributed by atoms with Gasteiger partial charge in [-0.2, -0.15) is 14.6 Å². The van der Waals surface area contributed by atoms with E-state index in [4.69, 9.17) is 16.6 Å². The molecule has 2 N–H and O–H groups in total. The predicted octanol–water partition coefficient (Wildman–Crippen LogP) is 5.27. The Kier molecular flexibility index (Phi) is 8.60. The number of para-hydroxylation sites is 1. The van der Waals surface area contributed by atoms with E-state index in [2.05, 4.69) is 30.9 Å². The molecule has 15 heteroatoms. The van der Waals surface area contributed by atoms with Gasteiger partial charge in [0.15, 0.2) is 20.8 Å². The van der Waals surface area contributed by atoms with Crippen molar-refractivity contribution in [3.05, 3.63) is 94.2 Å². The predicted molar refractivity (Wildman–Crippen MR) is 170 cm³/mol. The van der Waals surface area contributed by atoms with Crippen LogP contribution in [0.15, 0.2) is 93.2 Å². The molecule has 0 atom stereocenters. The first-order chi connectivity index (χ1) is 20.9. The van der Waals surface area contributed by atoms with Crippen LogP contribution in [0.25, 0.3) is 27.8 Å². The van der Waals surface area contributed by atoms with Gasteiger partial charge in [0, 0.05) is 21.7 Å². The summed E-state index contributed by atoms with van der Waals surface area (Å²) in [4.78, 5) is 47.1. The molecule has 11 nitrogen and oxygen atoms in total. The van der Waals surface area contributed by atoms with Crippen molar-refractivity contribution < 1.29 is 9.59 Å². The summed E-state index contributed by atoms with van der Waals surface area (Å²) in [5.74, 6) is -0.463. The lowest BCUT2D eigenvalue weighted by Gasteiger charge is -2.10. The fourth-order valence-corrected chi connectivity index (χ4v) is 6.47. The average Bonchev–Trinajstić information content (AvgIpc) is 3.46. The van der Waals surface area contributed by atoms with E-state index in [1.807, 2.05) is 42.5 Å². The van der Waals surface area contributed by atoms with E-state index in [1.54, 1.807) is 36.4 Å². The Morgan fingerprint density at radius 1 is 0.860 bits per heavy atom. The summed E-state index contributed by atoms with van der Waals surface area (Å²) in [5, 5.41) is 20.0. The van der Waals surface area contributed by atoms with Gasteiger partial charge >= 0.3 is 0 Å². The Labute approximate surface area is 261 Å². The highest BCUT2D eigenvalue weighted by atomic mass is 35.5. The molecule has 0 saturated carbocycles. The molecule has 0 unspecified atom stereocenters. The molecule has 0 aliphatic carbocycles. The van der Waals surface area contributed by atoms with E-state index in [0.717, 1.165) is 23.1 Å². The van der Waals surface area contributed by atoms with Gasteiger partial charge in [0.25, 0.3) is 5.56 Å². The lowest BCUT2D eigenvalue weighted by atomic mass is 10.2. The molecular weight excluding hydrogens is 628 g/mol. The van der Waals surface area contributed by atoms with Gasteiger partial charge in [-0.05, 0) is 30.3 Å². The first-order valence-corrected chi connectivity index (χ1v) is 15.8. The Hall–Kier alpha value is -4.37. The van der Waals surface area contributed by atoms with Crippen LogP contribution in [0.1, 0.15) is 0 Å². The van der Waals surface area contributed by atoms with E-state index in [1.165, 1.54) is 16.3 Å². The van der Waals surface area contributed by atoms with Crippen LogP contribution in [-0.2, 0) is 9.59 Å². The van der Waals surface area contributed by atoms with Crippen LogP contribution in [0.5, 0.6) is 0 Å². The maximum Gasteiger partial charge on any atom is 0.300 e. The average molecular weight is 647 g/mol. The highest BCUT2D eigenvalue weighted by Gasteiger charge is 2.17. The summed E-state index contributed by atoms with van der Waals surface area (Å²) in [5.41, 5.74) is 1.93. The van der Waals surface area contributed by atoms with Gasteiger partial charge in [0.1, 0.15) is 0 Å². The zero-order valence-electron chi connectivity index (χ0n) is 21.9. The van der Waals surface area contributed by atoms with E-state index >= 15 is 0 Å². The fourth-order valence-electron chi connectivity index (χ4n) is 3.97. The normalized spacial score (nSPS) is 11.1. The van der Waals surface area contributed by atoms with E-state index < -0.39 is 5.56 Å². The number of fused-ring (bicyclic) bond motifs is 3. The SMILES string of the molecule is O=C(CSc1nnc(NC(=O)CSc2nc3ccccc3c3nc(=O)c(-c4ccccc4)nn23)s1)Nc1cccc(Cl)c1. The van der Waals surface area contributed by atoms with Crippen LogP contribution in [-0.4, -0.2) is 53.1 Å². The molecule has 3 aromatic heterocycles. The van der Waals surface area contributed by atoms with Crippen molar-refractivity contribution in [1.29, 1.82) is 0 Å². The number of nitrogens with zero attached hydrogens (tertiary/aromatic N) is 6. The molecule has 2 amide bonds. The number of nitrogens with one attached hydrogen (secondary N) is 2. The topological polar surface area (TPSA) is 144 Å². The van der Waals surface area contributed by atoms with Crippen molar-refractivity contribution in [3.8, 4) is 11.3 Å². The first kappa shape index (κ1) is 28.7. The van der Waals surface area contributed by atoms with Crippen molar-refractivity contribution in [2.24, 2.45) is 0 Å². The second-order valence-corrected chi connectivity index (χ2v) is 12.4. The van der Waals surface area contributed by atoms with Crippen LogP contribution < -0.4 is 16.2 Å². The quantitative estimate of drug-likeness (QED) is 0.0922. The number of hydrogen-bond donors (Lipinski definition) is 2. The van der Waals surface area contributed by atoms with Gasteiger partial charge in [-0.1, -0.05) is 95.0 Å². The van der Waals surface area contributed by atoms with Crippen molar-refractivity contribution in [2.75, 3.05) is 22.1 Å². The minimum absolute atomic E-state index is 0.0149. The summed E-state index contributed by atoms with van der Waals surface area (Å²) in [7, 11) is 0. The molecule has 0 spiro atoms. The number of rotatable bonds is 9. The van der Waals surface area contributed by atoms with E-state index in [9.17, 15) is 14.4 Å². The monoisotopic (exact) mass is 646 g/mol. The van der Waals surface area contributed by atoms with Crippen molar-refractivity contribution >= 4 is 85.6 Å². The van der Waals surface area contributed by atoms with Crippen LogP contribution >= 0.6 is 46.5 Å². The first-order valence-electron chi connectivity index (χ1n) is 12.6. The second kappa shape index (κ2) is 12.9. The molecule has 3 aromatic carbocycles. The zero-order valence-corrected chi connectivity index (χ0v) is 25.1. The van der Waals surface area contributed by atoms with Crippen LogP contribution in [0, 0.1) is 0 Å². The molecular formula is C28H19ClN8O3S3. The lowest BCUT2D eigenvalue weighted by molar-refractivity contribution is -0.114. The molecule has 0 aliphatic rings. The number of amides is 2. The minimum atomic E-state index is -0.455. The van der Waals surface area contributed by atoms with Gasteiger partial charge in [0.2, 0.25) is 16.9 Å². The van der Waals surface area contributed by atoms with Gasteiger partial charge in [0.05, 0.1) is 17.0 Å². The fraction of sp³-hybridized carbons (Fsp3) is 0.0714. The van der Waals surface area contributed by atoms with E-state index in [-0.39, 0.29) is 29.0 Å². The third-order valence-corrected chi connectivity index (χ3v) is 8.96. The number of benzene rings is 3. The highest BCUT2D eigenvalue weighted by Crippen LogP contribution is 2.27. The molecule has 6 rings (SSSR count). The molecule has 43 heavy (non-hydrogen) atoms. The molecule has 0 radical (unpaired) electrons. The largest absolute Gasteiger partial charge is 0.325 e. The lowest BCUT2D eigenvalue weighted by Crippen LogP contribution is -2.19. The maximum absolute atomic E-state index is 12.9. The molecule has 0 aliphatic heterocycles. The maximum atomic E-state index is 12.9. The molecule has 0 fully saturated rings. The number of hydrogen-bond acceptors (Lipinski definition) is 11. The third-order valence-electron chi connectivity index (χ3n) is 5.82. The van der Waals surface area contributed by atoms with Crippen molar-refractivity contribution in [3.63, 3.8) is 0 Å². The zero-order chi connectivity index (χ0) is 29.8. The van der Waals surface area contributed by atoms with Crippen LogP contribution in [0.2, 0.25) is 5.02 Å². The molecule has 0 saturated heterocycles. The van der Waals surface area contributed by atoms with Crippen LogP contribution in [0.4, 0.5) is 10.8 Å². The standard InChI is InChI=1S/C28H19ClN8O3S3/c29-17-9-6-10-18(13-17)30-21(38)15-42-28-35-34-26(43-28)32-22(39)14-41-27-31-20-12-5-4-11-19(20)24-33-25(40)23(36-37(24)27)16-7-2-1-3-8-16/h1-13H,14-15H2,(H,30,38)(H,32,34,39). The van der Waals surface area contributed by atoms with Gasteiger partial charge in [-0.3, -0.25) is 19.7 Å². The molecule has 214 valence electrons. The van der Waals surface area contributed by atoms with E-state index in [0.29, 0.717) is 47.5 Å². The highest BCUT2D eigenvalue weighted by molar-refractivity contribution is 8.01. The Morgan fingerprint density at radius 2 is 1.63 bits per heavy atom. The second-order valence-electron chi connectivity index (χ2n) is 8.84. The van der Waals surface area contributed by atoms with Crippen molar-refractivity contribution in [1.82, 2.24) is 29.8 Å². The number of carbonyl (C=O) groups is 2. The molecule has 3 heterocycles. The number of aromatic nitrogens is 6. The Balaban J connectivity index is 1.14. The Morgan fingerprint density at radius 3 is 2.47 bits per heavy atom. The summed E-state index contributed by atoms with van der Waals surface area (Å²) in [6, 6.07) is 23.2. The third kappa shape index (κ3) is 6.83. The van der Waals surface area contributed by atoms with Gasteiger partial charge in [-0.25, -0.2) is 4.98 Å². The number of anilines is 2. The summed E-state index contributed by atoms with van der Waals surface area (Å²) < 4.78 is 2.03. The minimum Gasteiger partial charge on any atom is -0.325 e. The van der Waals surface area contributed by atoms with Crippen molar-refractivity contribution in [2.45, 2.75) is 9.50 Å². The number of carbonyl (C=O) groups excluding carboxylic acids is 2. The molecule has 0 bridgehead atoms. The van der Waals surface area contributed by atoms with Crippen LogP contribution in [0.3, 0.4) is 0 Å². The summed E-state index contributed by atoms with van der Waals surface area (Å²) >= 11 is 9.47. The number of thioether (sulfide) groups is 2. The number of halogens is 1. The summed E-state index contributed by atoms with van der Waals surface area (Å²) in [6.45, 7) is 0. The Bertz CT molecular complexity index is 2040. The smallest absolute Gasteiger partial charge is 0.300 e. The van der Waals surface area contributed by atoms with Gasteiger partial charge < -0.3 is 5.32 Å². The molecule has 6 aromatic rings. The summed E-state index contributed by atoms with van der Waals surface area (Å²) in [6.07, 6.45) is 0. The van der Waals surface area contributed by atoms with Gasteiger partial charge in [-0.15, -0.1) is 10.2 Å².